The van der Waals surface area contributed by atoms with Crippen molar-refractivity contribution in [1.29, 1.82) is 0 Å². The number of rotatable bonds is 4. The summed E-state index contributed by atoms with van der Waals surface area (Å²) in [5.41, 5.74) is -0.357. The molecule has 0 spiro atoms. The predicted molar refractivity (Wildman–Crippen MR) is 53.6 cm³/mol. The van der Waals surface area contributed by atoms with Crippen LogP contribution in [0.25, 0.3) is 0 Å². The third-order valence-electron chi connectivity index (χ3n) is 3.65. The van der Waals surface area contributed by atoms with Crippen LogP contribution in [0.3, 0.4) is 0 Å². The molecule has 2 aliphatic rings. The Labute approximate surface area is 80.7 Å². The molecule has 0 heterocycles. The SMILES string of the molecule is OC1(CNCC2CCC2)CCCC1. The molecule has 2 fully saturated rings. The van der Waals surface area contributed by atoms with Crippen LogP contribution in [0.1, 0.15) is 44.9 Å². The molecule has 0 saturated heterocycles. The second-order valence-electron chi connectivity index (χ2n) is 4.86. The van der Waals surface area contributed by atoms with Gasteiger partial charge in [0.1, 0.15) is 0 Å². The van der Waals surface area contributed by atoms with E-state index in [-0.39, 0.29) is 5.60 Å². The zero-order chi connectivity index (χ0) is 9.15. The summed E-state index contributed by atoms with van der Waals surface area (Å²) >= 11 is 0. The van der Waals surface area contributed by atoms with Gasteiger partial charge in [0.2, 0.25) is 0 Å². The molecule has 0 aromatic rings. The van der Waals surface area contributed by atoms with Crippen molar-refractivity contribution in [1.82, 2.24) is 5.32 Å². The fourth-order valence-corrected chi connectivity index (χ4v) is 2.42. The highest BCUT2D eigenvalue weighted by atomic mass is 16.3. The van der Waals surface area contributed by atoms with Crippen molar-refractivity contribution in [2.75, 3.05) is 13.1 Å². The minimum atomic E-state index is -0.357. The summed E-state index contributed by atoms with van der Waals surface area (Å²) in [5.74, 6) is 0.907. The lowest BCUT2D eigenvalue weighted by atomic mass is 9.85. The third-order valence-corrected chi connectivity index (χ3v) is 3.65. The molecule has 0 bridgehead atoms. The highest BCUT2D eigenvalue weighted by Gasteiger charge is 2.30. The van der Waals surface area contributed by atoms with Crippen molar-refractivity contribution >= 4 is 0 Å². The molecular formula is C11H21NO. The molecule has 2 heteroatoms. The number of hydrogen-bond donors (Lipinski definition) is 2. The Morgan fingerprint density at radius 3 is 2.38 bits per heavy atom. The standard InChI is InChI=1S/C11H21NO/c13-11(6-1-2-7-11)9-12-8-10-4-3-5-10/h10,12-13H,1-9H2. The summed E-state index contributed by atoms with van der Waals surface area (Å²) < 4.78 is 0. The van der Waals surface area contributed by atoms with Crippen LogP contribution in [-0.2, 0) is 0 Å². The summed E-state index contributed by atoms with van der Waals surface area (Å²) in [6.45, 7) is 1.95. The van der Waals surface area contributed by atoms with Crippen molar-refractivity contribution in [3.8, 4) is 0 Å². The van der Waals surface area contributed by atoms with Crippen LogP contribution in [0.15, 0.2) is 0 Å². The van der Waals surface area contributed by atoms with Crippen LogP contribution in [0, 0.1) is 5.92 Å². The van der Waals surface area contributed by atoms with E-state index in [1.165, 1.54) is 32.1 Å². The van der Waals surface area contributed by atoms with Crippen molar-refractivity contribution in [3.05, 3.63) is 0 Å². The van der Waals surface area contributed by atoms with E-state index < -0.39 is 0 Å². The summed E-state index contributed by atoms with van der Waals surface area (Å²) in [6.07, 6.45) is 8.63. The third kappa shape index (κ3) is 2.44. The van der Waals surface area contributed by atoms with Gasteiger partial charge in [-0.05, 0) is 38.1 Å². The van der Waals surface area contributed by atoms with Crippen molar-refractivity contribution in [3.63, 3.8) is 0 Å². The first kappa shape index (κ1) is 9.47. The molecule has 0 amide bonds. The minimum absolute atomic E-state index is 0.357. The van der Waals surface area contributed by atoms with Crippen LogP contribution in [0.4, 0.5) is 0 Å². The number of hydrogen-bond acceptors (Lipinski definition) is 2. The Bertz CT molecular complexity index is 159. The van der Waals surface area contributed by atoms with Crippen molar-refractivity contribution < 1.29 is 5.11 Å². The van der Waals surface area contributed by atoms with Gasteiger partial charge in [0.25, 0.3) is 0 Å². The van der Waals surface area contributed by atoms with Crippen LogP contribution in [0.5, 0.6) is 0 Å². The number of aliphatic hydroxyl groups is 1. The van der Waals surface area contributed by atoms with Crippen LogP contribution in [-0.4, -0.2) is 23.8 Å². The Hall–Kier alpha value is -0.0800. The van der Waals surface area contributed by atoms with E-state index in [9.17, 15) is 5.11 Å². The van der Waals surface area contributed by atoms with Crippen LogP contribution >= 0.6 is 0 Å². The Balaban J connectivity index is 1.60. The first-order valence-corrected chi connectivity index (χ1v) is 5.72. The van der Waals surface area contributed by atoms with Crippen molar-refractivity contribution in [2.45, 2.75) is 50.5 Å². The molecule has 2 N–H and O–H groups in total. The molecule has 2 saturated carbocycles. The maximum absolute atomic E-state index is 10.0. The highest BCUT2D eigenvalue weighted by Crippen LogP contribution is 2.29. The van der Waals surface area contributed by atoms with E-state index >= 15 is 0 Å². The Morgan fingerprint density at radius 1 is 1.15 bits per heavy atom. The lowest BCUT2D eigenvalue weighted by Gasteiger charge is -2.28. The summed E-state index contributed by atoms with van der Waals surface area (Å²) in [7, 11) is 0. The highest BCUT2D eigenvalue weighted by molar-refractivity contribution is 4.86. The van der Waals surface area contributed by atoms with Crippen LogP contribution < -0.4 is 5.32 Å². The number of nitrogens with one attached hydrogen (secondary N) is 1. The van der Waals surface area contributed by atoms with Gasteiger partial charge in [-0.15, -0.1) is 0 Å². The first-order chi connectivity index (χ1) is 6.29. The Morgan fingerprint density at radius 2 is 1.85 bits per heavy atom. The van der Waals surface area contributed by atoms with E-state index in [4.69, 9.17) is 0 Å². The van der Waals surface area contributed by atoms with Crippen LogP contribution in [0.2, 0.25) is 0 Å². The fourth-order valence-electron chi connectivity index (χ4n) is 2.42. The smallest absolute Gasteiger partial charge is 0.0771 e. The zero-order valence-corrected chi connectivity index (χ0v) is 8.39. The van der Waals surface area contributed by atoms with Gasteiger partial charge in [0, 0.05) is 6.54 Å². The van der Waals surface area contributed by atoms with E-state index in [0.29, 0.717) is 0 Å². The molecule has 0 atom stereocenters. The monoisotopic (exact) mass is 183 g/mol. The average Bonchev–Trinajstić information content (AvgIpc) is 2.43. The fraction of sp³-hybridized carbons (Fsp3) is 1.00. The van der Waals surface area contributed by atoms with E-state index in [1.807, 2.05) is 0 Å². The average molecular weight is 183 g/mol. The lowest BCUT2D eigenvalue weighted by Crippen LogP contribution is -2.40. The molecule has 13 heavy (non-hydrogen) atoms. The second kappa shape index (κ2) is 3.97. The molecular weight excluding hydrogens is 162 g/mol. The largest absolute Gasteiger partial charge is 0.389 e. The summed E-state index contributed by atoms with van der Waals surface area (Å²) in [5, 5.41) is 13.5. The molecule has 76 valence electrons. The van der Waals surface area contributed by atoms with Gasteiger partial charge in [-0.25, -0.2) is 0 Å². The van der Waals surface area contributed by atoms with Crippen molar-refractivity contribution in [2.24, 2.45) is 5.92 Å². The second-order valence-corrected chi connectivity index (χ2v) is 4.86. The summed E-state index contributed by atoms with van der Waals surface area (Å²) in [4.78, 5) is 0. The van der Waals surface area contributed by atoms with Gasteiger partial charge in [0.15, 0.2) is 0 Å². The first-order valence-electron chi connectivity index (χ1n) is 5.72. The van der Waals surface area contributed by atoms with Gasteiger partial charge in [0.05, 0.1) is 5.60 Å². The maximum Gasteiger partial charge on any atom is 0.0771 e. The minimum Gasteiger partial charge on any atom is -0.389 e. The quantitative estimate of drug-likeness (QED) is 0.695. The zero-order valence-electron chi connectivity index (χ0n) is 8.39. The molecule has 2 aliphatic carbocycles. The van der Waals surface area contributed by atoms with E-state index in [0.717, 1.165) is 31.8 Å². The molecule has 2 nitrogen and oxygen atoms in total. The van der Waals surface area contributed by atoms with Gasteiger partial charge >= 0.3 is 0 Å². The lowest BCUT2D eigenvalue weighted by molar-refractivity contribution is 0.0458. The van der Waals surface area contributed by atoms with E-state index in [2.05, 4.69) is 5.32 Å². The Kier molecular flexibility index (Phi) is 2.89. The molecule has 0 aromatic carbocycles. The van der Waals surface area contributed by atoms with Gasteiger partial charge in [-0.2, -0.15) is 0 Å². The van der Waals surface area contributed by atoms with Gasteiger partial charge in [-0.1, -0.05) is 19.3 Å². The molecule has 0 unspecified atom stereocenters. The molecule has 0 aromatic heterocycles. The molecule has 0 radical (unpaired) electrons. The topological polar surface area (TPSA) is 32.3 Å². The van der Waals surface area contributed by atoms with E-state index in [1.54, 1.807) is 0 Å². The predicted octanol–water partition coefficient (Wildman–Crippen LogP) is 1.68. The van der Waals surface area contributed by atoms with Gasteiger partial charge in [-0.3, -0.25) is 0 Å². The molecule has 0 aliphatic heterocycles. The summed E-state index contributed by atoms with van der Waals surface area (Å²) in [6, 6.07) is 0. The molecule has 2 rings (SSSR count). The van der Waals surface area contributed by atoms with Gasteiger partial charge < -0.3 is 10.4 Å². The normalized spacial score (nSPS) is 27.5. The maximum atomic E-state index is 10.0.